The van der Waals surface area contributed by atoms with Gasteiger partial charge in [-0.15, -0.1) is 11.3 Å². The maximum Gasteiger partial charge on any atom is 0.168 e. The fourth-order valence-electron chi connectivity index (χ4n) is 2.76. The first-order valence-electron chi connectivity index (χ1n) is 6.60. The molecule has 0 unspecified atom stereocenters. The molecule has 1 aromatic carbocycles. The van der Waals surface area contributed by atoms with Crippen molar-refractivity contribution < 1.29 is 5.11 Å². The molecule has 0 amide bonds. The molecule has 0 radical (unpaired) electrons. The average Bonchev–Trinajstić information content (AvgIpc) is 3.12. The number of aliphatic hydroxyl groups is 1. The Morgan fingerprint density at radius 2 is 2.30 bits per heavy atom. The molecule has 0 fully saturated rings. The zero-order valence-corrected chi connectivity index (χ0v) is 12.7. The number of aliphatic hydroxyl groups excluding tert-OH is 1. The van der Waals surface area contributed by atoms with E-state index in [4.69, 9.17) is 0 Å². The molecule has 5 heteroatoms. The van der Waals surface area contributed by atoms with Gasteiger partial charge in [0.25, 0.3) is 0 Å². The van der Waals surface area contributed by atoms with Gasteiger partial charge in [0.1, 0.15) is 0 Å². The molecule has 2 aromatic rings. The van der Waals surface area contributed by atoms with Crippen molar-refractivity contribution in [2.24, 2.45) is 4.99 Å². The normalized spacial score (nSPS) is 18.1. The van der Waals surface area contributed by atoms with Crippen molar-refractivity contribution in [3.63, 3.8) is 0 Å². The molecular weight excluding hydrogens is 288 g/mol. The van der Waals surface area contributed by atoms with E-state index in [1.165, 1.54) is 21.2 Å². The summed E-state index contributed by atoms with van der Waals surface area (Å²) < 4.78 is 1.30. The van der Waals surface area contributed by atoms with Crippen LogP contribution in [-0.4, -0.2) is 34.9 Å². The maximum absolute atomic E-state index is 9.61. The number of thioether (sulfide) groups is 1. The van der Waals surface area contributed by atoms with Crippen molar-refractivity contribution in [1.29, 1.82) is 0 Å². The van der Waals surface area contributed by atoms with Gasteiger partial charge in [-0.25, -0.2) is 0 Å². The number of hydrogen-bond acceptors (Lipinski definition) is 5. The van der Waals surface area contributed by atoms with E-state index in [9.17, 15) is 5.11 Å². The highest BCUT2D eigenvalue weighted by molar-refractivity contribution is 8.17. The molecule has 2 aliphatic heterocycles. The van der Waals surface area contributed by atoms with E-state index in [1.54, 1.807) is 23.1 Å². The van der Waals surface area contributed by atoms with Crippen LogP contribution < -0.4 is 0 Å². The number of rotatable bonds is 2. The molecule has 2 aliphatic rings. The molecule has 20 heavy (non-hydrogen) atoms. The molecule has 0 bridgehead atoms. The predicted molar refractivity (Wildman–Crippen MR) is 87.2 cm³/mol. The van der Waals surface area contributed by atoms with Crippen molar-refractivity contribution in [3.8, 4) is 0 Å². The largest absolute Gasteiger partial charge is 0.391 e. The second-order valence-electron chi connectivity index (χ2n) is 4.98. The van der Waals surface area contributed by atoms with Gasteiger partial charge in [-0.2, -0.15) is 0 Å². The third-order valence-electron chi connectivity index (χ3n) is 3.74. The van der Waals surface area contributed by atoms with Gasteiger partial charge in [-0.3, -0.25) is 4.99 Å². The number of aryl methyl sites for hydroxylation is 1. The Balaban J connectivity index is 1.86. The van der Waals surface area contributed by atoms with Crippen molar-refractivity contribution in [2.45, 2.75) is 6.92 Å². The number of hydrogen-bond donors (Lipinski definition) is 1. The maximum atomic E-state index is 9.61. The average molecular weight is 302 g/mol. The Morgan fingerprint density at radius 1 is 1.40 bits per heavy atom. The molecule has 0 atom stereocenters. The summed E-state index contributed by atoms with van der Waals surface area (Å²) in [5.74, 6) is 0. The Morgan fingerprint density at radius 3 is 3.15 bits per heavy atom. The lowest BCUT2D eigenvalue weighted by molar-refractivity contribution is 0.339. The quantitative estimate of drug-likeness (QED) is 0.924. The van der Waals surface area contributed by atoms with Crippen LogP contribution in [0, 0.1) is 6.92 Å². The molecular formula is C15H14N2OS2. The molecule has 3 nitrogen and oxygen atoms in total. The molecule has 0 aliphatic carbocycles. The van der Waals surface area contributed by atoms with E-state index < -0.39 is 0 Å². The second-order valence-corrected chi connectivity index (χ2v) is 6.95. The van der Waals surface area contributed by atoms with Gasteiger partial charge in [0.15, 0.2) is 5.17 Å². The summed E-state index contributed by atoms with van der Waals surface area (Å²) in [5, 5.41) is 14.2. The van der Waals surface area contributed by atoms with Crippen LogP contribution in [0.5, 0.6) is 0 Å². The summed E-state index contributed by atoms with van der Waals surface area (Å²) in [6.07, 6.45) is 0. The lowest BCUT2D eigenvalue weighted by atomic mass is 10.1. The first-order chi connectivity index (χ1) is 9.78. The number of thiophene rings is 1. The smallest absolute Gasteiger partial charge is 0.168 e. The molecule has 4 rings (SSSR count). The van der Waals surface area contributed by atoms with Crippen LogP contribution in [0.3, 0.4) is 0 Å². The molecule has 0 saturated carbocycles. The first-order valence-corrected chi connectivity index (χ1v) is 8.29. The third kappa shape index (κ3) is 1.74. The summed E-state index contributed by atoms with van der Waals surface area (Å²) in [6.45, 7) is 4.00. The van der Waals surface area contributed by atoms with Crippen molar-refractivity contribution >= 4 is 44.0 Å². The molecule has 0 saturated heterocycles. The van der Waals surface area contributed by atoms with Gasteiger partial charge < -0.3 is 10.0 Å². The van der Waals surface area contributed by atoms with E-state index in [-0.39, 0.29) is 6.61 Å². The zero-order valence-electron chi connectivity index (χ0n) is 11.1. The first kappa shape index (κ1) is 12.4. The Bertz CT molecular complexity index is 760. The van der Waals surface area contributed by atoms with Crippen molar-refractivity contribution in [2.75, 3.05) is 19.7 Å². The van der Waals surface area contributed by atoms with Crippen LogP contribution in [0.2, 0.25) is 0 Å². The highest BCUT2D eigenvalue weighted by Crippen LogP contribution is 2.42. The fourth-order valence-corrected chi connectivity index (χ4v) is 4.80. The predicted octanol–water partition coefficient (Wildman–Crippen LogP) is 3.29. The lowest BCUT2D eigenvalue weighted by Gasteiger charge is -2.17. The number of nitrogens with zero attached hydrogens (tertiary/aromatic N) is 2. The molecule has 0 spiro atoms. The minimum Gasteiger partial charge on any atom is -0.391 e. The molecule has 3 heterocycles. The summed E-state index contributed by atoms with van der Waals surface area (Å²) in [5.41, 5.74) is 3.65. The van der Waals surface area contributed by atoms with Gasteiger partial charge in [0, 0.05) is 21.7 Å². The van der Waals surface area contributed by atoms with Gasteiger partial charge in [-0.05, 0) is 29.3 Å². The fraction of sp³-hybridized carbons (Fsp3) is 0.267. The van der Waals surface area contributed by atoms with Crippen molar-refractivity contribution in [1.82, 2.24) is 4.90 Å². The molecule has 1 aromatic heterocycles. The number of benzene rings is 1. The van der Waals surface area contributed by atoms with Gasteiger partial charge in [0.05, 0.1) is 18.8 Å². The van der Waals surface area contributed by atoms with E-state index in [1.807, 2.05) is 0 Å². The number of aliphatic imine (C=N–C) groups is 1. The SMILES string of the molecule is Cc1csc2cc(C3=C(CO)SC4=NCCN43)ccc12. The van der Waals surface area contributed by atoms with Gasteiger partial charge in [-0.1, -0.05) is 23.9 Å². The summed E-state index contributed by atoms with van der Waals surface area (Å²) in [7, 11) is 0. The number of fused-ring (bicyclic) bond motifs is 2. The minimum absolute atomic E-state index is 0.0804. The second kappa shape index (κ2) is 4.62. The summed E-state index contributed by atoms with van der Waals surface area (Å²) >= 11 is 3.38. The van der Waals surface area contributed by atoms with E-state index in [0.717, 1.165) is 28.9 Å². The van der Waals surface area contributed by atoms with Gasteiger partial charge in [0.2, 0.25) is 0 Å². The van der Waals surface area contributed by atoms with Crippen LogP contribution in [-0.2, 0) is 0 Å². The number of amidine groups is 1. The standard InChI is InChI=1S/C15H14N2OS2/c1-9-8-19-12-6-10(2-3-11(9)12)14-13(7-18)20-15-16-4-5-17(14)15/h2-3,6,8,18H,4-5,7H2,1H3. The van der Waals surface area contributed by atoms with Gasteiger partial charge >= 0.3 is 0 Å². The highest BCUT2D eigenvalue weighted by atomic mass is 32.2. The summed E-state index contributed by atoms with van der Waals surface area (Å²) in [6, 6.07) is 6.59. The van der Waals surface area contributed by atoms with Crippen LogP contribution in [0.25, 0.3) is 15.8 Å². The monoisotopic (exact) mass is 302 g/mol. The third-order valence-corrected chi connectivity index (χ3v) is 5.90. The van der Waals surface area contributed by atoms with Crippen LogP contribution in [0.15, 0.2) is 33.5 Å². The Labute approximate surface area is 125 Å². The van der Waals surface area contributed by atoms with E-state index in [2.05, 4.69) is 40.4 Å². The topological polar surface area (TPSA) is 35.8 Å². The van der Waals surface area contributed by atoms with Crippen LogP contribution in [0.4, 0.5) is 0 Å². The minimum atomic E-state index is 0.0804. The summed E-state index contributed by atoms with van der Waals surface area (Å²) in [4.78, 5) is 7.74. The lowest BCUT2D eigenvalue weighted by Crippen LogP contribution is -2.20. The Hall–Kier alpha value is -1.30. The zero-order chi connectivity index (χ0) is 13.7. The Kier molecular flexibility index (Phi) is 2.87. The highest BCUT2D eigenvalue weighted by Gasteiger charge is 2.32. The van der Waals surface area contributed by atoms with E-state index in [0.29, 0.717) is 0 Å². The van der Waals surface area contributed by atoms with Crippen molar-refractivity contribution in [3.05, 3.63) is 39.6 Å². The van der Waals surface area contributed by atoms with Crippen LogP contribution >= 0.6 is 23.1 Å². The molecule has 102 valence electrons. The van der Waals surface area contributed by atoms with E-state index >= 15 is 0 Å². The van der Waals surface area contributed by atoms with Crippen LogP contribution in [0.1, 0.15) is 11.1 Å². The molecule has 1 N–H and O–H groups in total.